The Balaban J connectivity index is 2.16. The molecule has 0 atom stereocenters. The van der Waals surface area contributed by atoms with Gasteiger partial charge >= 0.3 is 0 Å². The van der Waals surface area contributed by atoms with Gasteiger partial charge in [0.15, 0.2) is 11.6 Å². The molecule has 19 heavy (non-hydrogen) atoms. The van der Waals surface area contributed by atoms with E-state index in [4.69, 9.17) is 0 Å². The van der Waals surface area contributed by atoms with E-state index in [-0.39, 0.29) is 11.6 Å². The van der Waals surface area contributed by atoms with Gasteiger partial charge in [-0.05, 0) is 25.9 Å². The van der Waals surface area contributed by atoms with E-state index in [1.165, 1.54) is 0 Å². The molecule has 0 unspecified atom stereocenters. The van der Waals surface area contributed by atoms with Crippen molar-refractivity contribution in [2.75, 3.05) is 18.4 Å². The average molecular weight is 272 g/mol. The highest BCUT2D eigenvalue weighted by molar-refractivity contribution is 5.95. The number of rotatable bonds is 2. The van der Waals surface area contributed by atoms with Gasteiger partial charge in [-0.1, -0.05) is 6.92 Å². The van der Waals surface area contributed by atoms with Crippen molar-refractivity contribution in [3.63, 3.8) is 0 Å². The normalized spacial score (nSPS) is 18.1. The number of benzene rings is 1. The quantitative estimate of drug-likeness (QED) is 0.812. The first kappa shape index (κ1) is 13.9. The van der Waals surface area contributed by atoms with Crippen LogP contribution in [0, 0.1) is 22.9 Å². The Hall–Kier alpha value is -1.56. The molecule has 0 bridgehead atoms. The summed E-state index contributed by atoms with van der Waals surface area (Å²) in [5.41, 5.74) is -0.952. The number of halogens is 3. The maximum Gasteiger partial charge on any atom is 0.230 e. The fourth-order valence-electron chi connectivity index (χ4n) is 2.10. The van der Waals surface area contributed by atoms with Gasteiger partial charge in [0.1, 0.15) is 5.82 Å². The van der Waals surface area contributed by atoms with Crippen molar-refractivity contribution >= 4 is 11.6 Å². The van der Waals surface area contributed by atoms with Gasteiger partial charge in [0.05, 0.1) is 5.69 Å². The van der Waals surface area contributed by atoms with Crippen LogP contribution in [0.25, 0.3) is 0 Å². The summed E-state index contributed by atoms with van der Waals surface area (Å²) in [5, 5.41) is 5.46. The van der Waals surface area contributed by atoms with Gasteiger partial charge in [0.2, 0.25) is 5.91 Å². The minimum Gasteiger partial charge on any atom is -0.323 e. The number of amides is 1. The van der Waals surface area contributed by atoms with Crippen LogP contribution in [0.5, 0.6) is 0 Å². The molecule has 6 heteroatoms. The third-order valence-corrected chi connectivity index (χ3v) is 3.51. The van der Waals surface area contributed by atoms with Gasteiger partial charge in [-0.15, -0.1) is 0 Å². The molecule has 1 aliphatic heterocycles. The van der Waals surface area contributed by atoms with E-state index in [1.54, 1.807) is 6.92 Å². The van der Waals surface area contributed by atoms with E-state index in [0.717, 1.165) is 0 Å². The van der Waals surface area contributed by atoms with E-state index in [0.29, 0.717) is 38.1 Å². The highest BCUT2D eigenvalue weighted by Gasteiger charge is 2.35. The molecule has 1 heterocycles. The largest absolute Gasteiger partial charge is 0.323 e. The van der Waals surface area contributed by atoms with Crippen LogP contribution in [0.15, 0.2) is 12.1 Å². The van der Waals surface area contributed by atoms with Crippen LogP contribution in [0.2, 0.25) is 0 Å². The van der Waals surface area contributed by atoms with Gasteiger partial charge < -0.3 is 10.6 Å². The summed E-state index contributed by atoms with van der Waals surface area (Å²) in [6, 6.07) is 1.09. The molecule has 3 nitrogen and oxygen atoms in total. The van der Waals surface area contributed by atoms with Gasteiger partial charge in [-0.2, -0.15) is 0 Å². The molecular weight excluding hydrogens is 257 g/mol. The minimum absolute atomic E-state index is 0.330. The summed E-state index contributed by atoms with van der Waals surface area (Å²) in [6.07, 6.45) is 1.23. The van der Waals surface area contributed by atoms with Crippen molar-refractivity contribution in [1.29, 1.82) is 0 Å². The molecule has 1 fully saturated rings. The first-order valence-corrected chi connectivity index (χ1v) is 6.09. The minimum atomic E-state index is -1.27. The number of carbonyl (C=O) groups is 1. The molecule has 0 spiro atoms. The lowest BCUT2D eigenvalue weighted by Gasteiger charge is -2.32. The lowest BCUT2D eigenvalue weighted by molar-refractivity contribution is -0.126. The second-order valence-corrected chi connectivity index (χ2v) is 5.01. The predicted molar refractivity (Wildman–Crippen MR) is 65.2 cm³/mol. The molecule has 0 saturated carbocycles. The van der Waals surface area contributed by atoms with Gasteiger partial charge in [0, 0.05) is 17.5 Å². The molecule has 1 amide bonds. The van der Waals surface area contributed by atoms with E-state index in [9.17, 15) is 18.0 Å². The number of anilines is 1. The summed E-state index contributed by atoms with van der Waals surface area (Å²) in [7, 11) is 0. The van der Waals surface area contributed by atoms with Crippen molar-refractivity contribution in [3.8, 4) is 0 Å². The van der Waals surface area contributed by atoms with E-state index in [1.807, 2.05) is 0 Å². The number of nitrogens with one attached hydrogen (secondary N) is 2. The zero-order valence-corrected chi connectivity index (χ0v) is 10.5. The third kappa shape index (κ3) is 2.89. The topological polar surface area (TPSA) is 41.1 Å². The Kier molecular flexibility index (Phi) is 3.80. The smallest absolute Gasteiger partial charge is 0.230 e. The summed E-state index contributed by atoms with van der Waals surface area (Å²) in [6.45, 7) is 3.18. The Morgan fingerprint density at radius 2 is 1.74 bits per heavy atom. The molecule has 1 aromatic carbocycles. The zero-order valence-electron chi connectivity index (χ0n) is 10.5. The molecule has 1 saturated heterocycles. The summed E-state index contributed by atoms with van der Waals surface area (Å²) < 4.78 is 39.3. The highest BCUT2D eigenvalue weighted by atomic mass is 19.2. The Morgan fingerprint density at radius 1 is 1.16 bits per heavy atom. The molecule has 1 aromatic rings. The average Bonchev–Trinajstić information content (AvgIpc) is 2.36. The van der Waals surface area contributed by atoms with Gasteiger partial charge in [-0.25, -0.2) is 13.2 Å². The molecule has 0 aromatic heterocycles. The number of hydrogen-bond acceptors (Lipinski definition) is 2. The van der Waals surface area contributed by atoms with Gasteiger partial charge in [-0.3, -0.25) is 4.79 Å². The first-order chi connectivity index (χ1) is 8.92. The van der Waals surface area contributed by atoms with Crippen LogP contribution in [0.4, 0.5) is 18.9 Å². The summed E-state index contributed by atoms with van der Waals surface area (Å²) >= 11 is 0. The lowest BCUT2D eigenvalue weighted by atomic mass is 9.80. The molecule has 1 aliphatic rings. The summed E-state index contributed by atoms with van der Waals surface area (Å²) in [5.74, 6) is -3.82. The Labute approximate surface area is 109 Å². The SMILES string of the molecule is CC1(C(=O)Nc2cc(F)c(F)cc2F)CCNCC1. The fraction of sp³-hybridized carbons (Fsp3) is 0.462. The van der Waals surface area contributed by atoms with Crippen LogP contribution in [-0.2, 0) is 4.79 Å². The second kappa shape index (κ2) is 5.21. The molecular formula is C13H15F3N2O. The second-order valence-electron chi connectivity index (χ2n) is 5.01. The fourth-order valence-corrected chi connectivity index (χ4v) is 2.10. The molecule has 2 N–H and O–H groups in total. The third-order valence-electron chi connectivity index (χ3n) is 3.51. The van der Waals surface area contributed by atoms with Crippen LogP contribution < -0.4 is 10.6 Å². The Morgan fingerprint density at radius 3 is 2.37 bits per heavy atom. The van der Waals surface area contributed by atoms with Crippen molar-refractivity contribution < 1.29 is 18.0 Å². The van der Waals surface area contributed by atoms with Gasteiger partial charge in [0.25, 0.3) is 0 Å². The van der Waals surface area contributed by atoms with Crippen LogP contribution in [0.1, 0.15) is 19.8 Å². The maximum atomic E-state index is 13.4. The number of piperidine rings is 1. The van der Waals surface area contributed by atoms with Crippen molar-refractivity contribution in [1.82, 2.24) is 5.32 Å². The maximum absolute atomic E-state index is 13.4. The lowest BCUT2D eigenvalue weighted by Crippen LogP contribution is -2.43. The highest BCUT2D eigenvalue weighted by Crippen LogP contribution is 2.30. The molecule has 104 valence electrons. The first-order valence-electron chi connectivity index (χ1n) is 6.09. The molecule has 2 rings (SSSR count). The summed E-state index contributed by atoms with van der Waals surface area (Å²) in [4.78, 5) is 12.1. The van der Waals surface area contributed by atoms with Crippen molar-refractivity contribution in [2.24, 2.45) is 5.41 Å². The van der Waals surface area contributed by atoms with Crippen LogP contribution in [0.3, 0.4) is 0 Å². The molecule has 0 radical (unpaired) electrons. The standard InChI is InChI=1S/C13H15F3N2O/c1-13(2-4-17-5-3-13)12(19)18-11-7-9(15)8(14)6-10(11)16/h6-7,17H,2-5H2,1H3,(H,18,19). The number of hydrogen-bond donors (Lipinski definition) is 2. The van der Waals surface area contributed by atoms with E-state index in [2.05, 4.69) is 10.6 Å². The Bertz CT molecular complexity index is 499. The number of carbonyl (C=O) groups excluding carboxylic acids is 1. The van der Waals surface area contributed by atoms with Crippen LogP contribution in [-0.4, -0.2) is 19.0 Å². The van der Waals surface area contributed by atoms with Crippen molar-refractivity contribution in [2.45, 2.75) is 19.8 Å². The zero-order chi connectivity index (χ0) is 14.0. The molecule has 0 aliphatic carbocycles. The predicted octanol–water partition coefficient (Wildman–Crippen LogP) is 2.43. The van der Waals surface area contributed by atoms with E-state index < -0.39 is 22.9 Å². The van der Waals surface area contributed by atoms with E-state index >= 15 is 0 Å². The monoisotopic (exact) mass is 272 g/mol. The van der Waals surface area contributed by atoms with Crippen LogP contribution >= 0.6 is 0 Å². The van der Waals surface area contributed by atoms with Crippen molar-refractivity contribution in [3.05, 3.63) is 29.6 Å².